The first kappa shape index (κ1) is 8.22. The minimum atomic E-state index is -0.465. The molecule has 0 bridgehead atoms. The molecule has 0 aromatic carbocycles. The zero-order chi connectivity index (χ0) is 5.91. The van der Waals surface area contributed by atoms with E-state index in [9.17, 15) is 0 Å². The fourth-order valence-electron chi connectivity index (χ4n) is 0.433. The Morgan fingerprint density at radius 3 is 1.71 bits per heavy atom. The predicted octanol–water partition coefficient (Wildman–Crippen LogP) is 0.657. The van der Waals surface area contributed by atoms with E-state index in [0.29, 0.717) is 26.4 Å². The molecule has 0 atom stereocenters. The molecule has 0 aromatic heterocycles. The van der Waals surface area contributed by atoms with E-state index in [1.54, 1.807) is 0 Å². The van der Waals surface area contributed by atoms with Crippen molar-refractivity contribution in [1.82, 2.24) is 0 Å². The summed E-state index contributed by atoms with van der Waals surface area (Å²) in [7, 11) is 0.502. The van der Waals surface area contributed by atoms with E-state index in [0.717, 1.165) is 0 Å². The Morgan fingerprint density at radius 2 is 1.71 bits per heavy atom. The second-order valence-electron chi connectivity index (χ2n) is 2.55. The molecule has 0 spiro atoms. The van der Waals surface area contributed by atoms with Gasteiger partial charge in [-0.3, -0.25) is 0 Å². The van der Waals surface area contributed by atoms with Gasteiger partial charge in [-0.25, -0.2) is 0 Å². The van der Waals surface area contributed by atoms with Crippen LogP contribution in [0.25, 0.3) is 0 Å². The molecule has 0 aliphatic carbocycles. The van der Waals surface area contributed by atoms with Crippen molar-refractivity contribution in [1.29, 1.82) is 0 Å². The van der Waals surface area contributed by atoms with Crippen molar-refractivity contribution < 1.29 is 0 Å². The molecule has 0 unspecified atom stereocenters. The molecule has 44 valence electrons. The molecule has 0 amide bonds. The van der Waals surface area contributed by atoms with Gasteiger partial charge in [-0.15, -0.1) is 0 Å². The Bertz CT molecular complexity index is 48.1. The van der Waals surface area contributed by atoms with Crippen LogP contribution in [0.3, 0.4) is 0 Å². The van der Waals surface area contributed by atoms with Crippen LogP contribution in [0.1, 0.15) is 0 Å². The van der Waals surface area contributed by atoms with Gasteiger partial charge in [0.15, 0.2) is 0 Å². The van der Waals surface area contributed by atoms with Gasteiger partial charge < -0.3 is 0 Å². The zero-order valence-electron chi connectivity index (χ0n) is 5.62. The van der Waals surface area contributed by atoms with Crippen LogP contribution < -0.4 is 0 Å². The van der Waals surface area contributed by atoms with Crippen LogP contribution in [0.4, 0.5) is 0 Å². The number of rotatable bonds is 2. The van der Waals surface area contributed by atoms with Crippen LogP contribution in [-0.4, -0.2) is 32.0 Å². The molecule has 0 aliphatic rings. The maximum atomic E-state index is 2.51. The third kappa shape index (κ3) is 7.22. The molecule has 3 heteroatoms. The fourth-order valence-corrected chi connectivity index (χ4v) is 26.1. The average Bonchev–Trinajstić information content (AvgIpc) is 1.30. The van der Waals surface area contributed by atoms with Crippen LogP contribution in [0.5, 0.6) is 0 Å². The topological polar surface area (TPSA) is 0 Å². The molecule has 0 rings (SSSR count). The molecular weight excluding hydrogens is 232 g/mol. The van der Waals surface area contributed by atoms with Gasteiger partial charge in [0.05, 0.1) is 0 Å². The Labute approximate surface area is 58.2 Å². The molecule has 7 heavy (non-hydrogen) atoms. The van der Waals surface area contributed by atoms with E-state index in [-0.39, 0.29) is 0 Å². The molecule has 0 heterocycles. The molecule has 0 fully saturated rings. The third-order valence-corrected chi connectivity index (χ3v) is 34.9. The summed E-state index contributed by atoms with van der Waals surface area (Å²) in [6.07, 6.45) is 0. The Kier molecular flexibility index (Phi) is 3.86. The summed E-state index contributed by atoms with van der Waals surface area (Å²) in [5.74, 6) is 0. The first-order chi connectivity index (χ1) is 3.06. The van der Waals surface area contributed by atoms with Crippen molar-refractivity contribution in [2.75, 3.05) is 0 Å². The van der Waals surface area contributed by atoms with Crippen LogP contribution in [0.2, 0.25) is 26.2 Å². The second kappa shape index (κ2) is 3.29. The summed E-state index contributed by atoms with van der Waals surface area (Å²) < 4.78 is 0. The molecular formula is C4H14Si2Te. The molecule has 0 radical (unpaired) electrons. The fraction of sp³-hybridized carbons (Fsp3) is 1.00. The van der Waals surface area contributed by atoms with Crippen molar-refractivity contribution in [3.8, 4) is 0 Å². The molecule has 0 aromatic rings. The summed E-state index contributed by atoms with van der Waals surface area (Å²) in [4.78, 5) is 0. The second-order valence-corrected chi connectivity index (χ2v) is 31.3. The van der Waals surface area contributed by atoms with E-state index < -0.39 is 5.62 Å². The standard InChI is InChI=1S/C4H14Si2Te/c1-5-7-6(2,3)4/h5H2,1-4H3. The predicted molar refractivity (Wildman–Crippen MR) is 43.5 cm³/mol. The van der Waals surface area contributed by atoms with Crippen LogP contribution in [-0.2, 0) is 0 Å². The summed E-state index contributed by atoms with van der Waals surface area (Å²) in [5, 5.41) is 0. The first-order valence-corrected chi connectivity index (χ1v) is 16.5. The Balaban J connectivity index is 3.15. The molecule has 0 saturated heterocycles. The average molecular weight is 246 g/mol. The normalized spacial score (nSPS) is 13.7. The minimum absolute atomic E-state index is 0.465. The van der Waals surface area contributed by atoms with Gasteiger partial charge in [0.1, 0.15) is 0 Å². The van der Waals surface area contributed by atoms with E-state index in [1.807, 2.05) is 0 Å². The SMILES string of the molecule is C[SiH2][Te][Si](C)(C)C. The van der Waals surface area contributed by atoms with Gasteiger partial charge in [0, 0.05) is 0 Å². The van der Waals surface area contributed by atoms with E-state index in [4.69, 9.17) is 0 Å². The van der Waals surface area contributed by atoms with Crippen molar-refractivity contribution >= 4 is 32.0 Å². The van der Waals surface area contributed by atoms with E-state index >= 15 is 0 Å². The molecule has 0 nitrogen and oxygen atoms in total. The molecule has 0 saturated carbocycles. The van der Waals surface area contributed by atoms with Gasteiger partial charge >= 0.3 is 58.2 Å². The Hall–Kier alpha value is 1.22. The van der Waals surface area contributed by atoms with Crippen molar-refractivity contribution in [3.05, 3.63) is 0 Å². The van der Waals surface area contributed by atoms with Gasteiger partial charge in [-0.2, -0.15) is 0 Å². The molecule has 0 N–H and O–H groups in total. The molecule has 0 aliphatic heterocycles. The van der Waals surface area contributed by atoms with Gasteiger partial charge in [0.25, 0.3) is 0 Å². The van der Waals surface area contributed by atoms with Gasteiger partial charge in [0.2, 0.25) is 0 Å². The van der Waals surface area contributed by atoms with Crippen molar-refractivity contribution in [3.63, 3.8) is 0 Å². The van der Waals surface area contributed by atoms with Crippen molar-refractivity contribution in [2.24, 2.45) is 0 Å². The van der Waals surface area contributed by atoms with E-state index in [1.165, 1.54) is 0 Å². The third-order valence-electron chi connectivity index (χ3n) is 0.577. The number of hydrogen-bond donors (Lipinski definition) is 0. The summed E-state index contributed by atoms with van der Waals surface area (Å²) in [5.41, 5.74) is -0.465. The Morgan fingerprint density at radius 1 is 1.29 bits per heavy atom. The van der Waals surface area contributed by atoms with Crippen LogP contribution in [0.15, 0.2) is 0 Å². The van der Waals surface area contributed by atoms with Crippen LogP contribution >= 0.6 is 0 Å². The summed E-state index contributed by atoms with van der Waals surface area (Å²) in [6, 6.07) is 0. The maximum absolute atomic E-state index is 2.51. The summed E-state index contributed by atoms with van der Waals surface area (Å²) >= 11 is 0.607. The first-order valence-electron chi connectivity index (χ1n) is 2.70. The van der Waals surface area contributed by atoms with E-state index in [2.05, 4.69) is 26.2 Å². The number of hydrogen-bond acceptors (Lipinski definition) is 0. The summed E-state index contributed by atoms with van der Waals surface area (Å²) in [6.45, 7) is 9.98. The zero-order valence-corrected chi connectivity index (χ0v) is 10.4. The van der Waals surface area contributed by atoms with Gasteiger partial charge in [-0.05, 0) is 0 Å². The monoisotopic (exact) mass is 248 g/mol. The quantitative estimate of drug-likeness (QED) is 0.628. The van der Waals surface area contributed by atoms with Crippen LogP contribution in [0, 0.1) is 0 Å². The van der Waals surface area contributed by atoms with Crippen molar-refractivity contribution in [2.45, 2.75) is 26.2 Å². The van der Waals surface area contributed by atoms with Gasteiger partial charge in [-0.1, -0.05) is 0 Å².